The molecule has 0 unspecified atom stereocenters. The molecule has 0 saturated carbocycles. The highest BCUT2D eigenvalue weighted by Gasteiger charge is 2.38. The molecule has 1 rings (SSSR count). The van der Waals surface area contributed by atoms with Gasteiger partial charge in [-0.05, 0) is 37.6 Å². The molecule has 0 aromatic rings. The molecule has 0 bridgehead atoms. The molecule has 2 nitrogen and oxygen atoms in total. The lowest BCUT2D eigenvalue weighted by Gasteiger charge is -2.38. The highest BCUT2D eigenvalue weighted by atomic mass is 28.4. The maximum Gasteiger partial charge on any atom is 0.192 e. The fraction of sp³-hybridized carbons (Fsp3) is 0.733. The van der Waals surface area contributed by atoms with Crippen molar-refractivity contribution in [3.05, 3.63) is 23.7 Å². The molecule has 4 heteroatoms. The Hall–Kier alpha value is -0.613. The van der Waals surface area contributed by atoms with Crippen molar-refractivity contribution in [1.82, 2.24) is 0 Å². The van der Waals surface area contributed by atoms with E-state index in [0.29, 0.717) is 18.8 Å². The Kier molecular flexibility index (Phi) is 5.39. The van der Waals surface area contributed by atoms with Gasteiger partial charge in [0.1, 0.15) is 12.4 Å². The predicted octanol–water partition coefficient (Wildman–Crippen LogP) is 4.94. The van der Waals surface area contributed by atoms with Crippen LogP contribution in [0.2, 0.25) is 18.1 Å². The standard InChI is InChI=1S/C15H27FO2Si/c1-12(18-19(5,6)15(2,3)4)11-17-14-10-8-7-9-13(14)16/h8,10,12H,7,9,11H2,1-6H3/t12-/m0/s1. The predicted molar refractivity (Wildman–Crippen MR) is 80.2 cm³/mol. The minimum absolute atomic E-state index is 0.0171. The van der Waals surface area contributed by atoms with E-state index in [1.165, 1.54) is 0 Å². The molecule has 0 N–H and O–H groups in total. The largest absolute Gasteiger partial charge is 0.488 e. The zero-order valence-electron chi connectivity index (χ0n) is 13.0. The lowest BCUT2D eigenvalue weighted by molar-refractivity contribution is 0.0907. The highest BCUT2D eigenvalue weighted by Crippen LogP contribution is 2.37. The van der Waals surface area contributed by atoms with Crippen LogP contribution in [0.4, 0.5) is 4.39 Å². The van der Waals surface area contributed by atoms with Crippen LogP contribution in [0.5, 0.6) is 0 Å². The second-order valence-corrected chi connectivity index (χ2v) is 11.5. The Morgan fingerprint density at radius 1 is 1.37 bits per heavy atom. The van der Waals surface area contributed by atoms with Gasteiger partial charge in [0.15, 0.2) is 14.1 Å². The zero-order chi connectivity index (χ0) is 14.7. The summed E-state index contributed by atoms with van der Waals surface area (Å²) in [4.78, 5) is 0. The van der Waals surface area contributed by atoms with Gasteiger partial charge in [-0.2, -0.15) is 0 Å². The zero-order valence-corrected chi connectivity index (χ0v) is 14.0. The number of hydrogen-bond donors (Lipinski definition) is 0. The molecule has 0 spiro atoms. The van der Waals surface area contributed by atoms with E-state index in [-0.39, 0.29) is 17.0 Å². The third kappa shape index (κ3) is 4.77. The van der Waals surface area contributed by atoms with Crippen molar-refractivity contribution < 1.29 is 13.6 Å². The fourth-order valence-corrected chi connectivity index (χ4v) is 3.09. The third-order valence-corrected chi connectivity index (χ3v) is 8.45. The maximum atomic E-state index is 13.5. The van der Waals surface area contributed by atoms with Crippen LogP contribution >= 0.6 is 0 Å². The van der Waals surface area contributed by atoms with E-state index in [9.17, 15) is 4.39 Å². The summed E-state index contributed by atoms with van der Waals surface area (Å²) in [7, 11) is -1.78. The highest BCUT2D eigenvalue weighted by molar-refractivity contribution is 6.74. The summed E-state index contributed by atoms with van der Waals surface area (Å²) >= 11 is 0. The van der Waals surface area contributed by atoms with E-state index in [0.717, 1.165) is 6.42 Å². The molecule has 0 radical (unpaired) electrons. The van der Waals surface area contributed by atoms with Crippen molar-refractivity contribution in [3.63, 3.8) is 0 Å². The van der Waals surface area contributed by atoms with E-state index >= 15 is 0 Å². The second kappa shape index (κ2) is 6.22. The van der Waals surface area contributed by atoms with Gasteiger partial charge in [-0.15, -0.1) is 0 Å². The van der Waals surface area contributed by atoms with E-state index in [4.69, 9.17) is 9.16 Å². The average molecular weight is 286 g/mol. The van der Waals surface area contributed by atoms with Gasteiger partial charge >= 0.3 is 0 Å². The number of hydrogen-bond acceptors (Lipinski definition) is 2. The SMILES string of the molecule is C[C@@H](COC1=C(F)CCC=C1)O[Si](C)(C)C(C)(C)C. The Morgan fingerprint density at radius 3 is 2.53 bits per heavy atom. The number of allylic oxidation sites excluding steroid dienone is 3. The molecule has 0 aromatic carbocycles. The molecule has 0 aromatic heterocycles. The van der Waals surface area contributed by atoms with Crippen molar-refractivity contribution in [1.29, 1.82) is 0 Å². The Balaban J connectivity index is 2.49. The minimum atomic E-state index is -1.78. The van der Waals surface area contributed by atoms with Crippen molar-refractivity contribution in [2.24, 2.45) is 0 Å². The Bertz CT molecular complexity index is 367. The van der Waals surface area contributed by atoms with E-state index in [2.05, 4.69) is 33.9 Å². The lowest BCUT2D eigenvalue weighted by Crippen LogP contribution is -2.44. The first-order chi connectivity index (χ1) is 8.63. The van der Waals surface area contributed by atoms with Gasteiger partial charge in [0, 0.05) is 6.42 Å². The fourth-order valence-electron chi connectivity index (χ4n) is 1.66. The molecular formula is C15H27FO2Si. The number of ether oxygens (including phenoxy) is 1. The molecule has 1 aliphatic carbocycles. The van der Waals surface area contributed by atoms with Crippen molar-refractivity contribution in [3.8, 4) is 0 Å². The summed E-state index contributed by atoms with van der Waals surface area (Å²) in [5.74, 6) is 0.221. The molecule has 19 heavy (non-hydrogen) atoms. The maximum absolute atomic E-state index is 13.5. The van der Waals surface area contributed by atoms with Crippen molar-refractivity contribution in [2.75, 3.05) is 6.61 Å². The first kappa shape index (κ1) is 16.4. The molecular weight excluding hydrogens is 259 g/mol. The van der Waals surface area contributed by atoms with Crippen LogP contribution in [-0.4, -0.2) is 21.0 Å². The molecule has 0 saturated heterocycles. The van der Waals surface area contributed by atoms with Gasteiger partial charge < -0.3 is 9.16 Å². The molecule has 0 heterocycles. The summed E-state index contributed by atoms with van der Waals surface area (Å²) in [6, 6.07) is 0. The lowest BCUT2D eigenvalue weighted by atomic mass is 10.1. The van der Waals surface area contributed by atoms with Crippen LogP contribution in [-0.2, 0) is 9.16 Å². The summed E-state index contributed by atoms with van der Waals surface area (Å²) < 4.78 is 25.2. The van der Waals surface area contributed by atoms with E-state index < -0.39 is 8.32 Å². The Morgan fingerprint density at radius 2 is 2.00 bits per heavy atom. The summed E-state index contributed by atoms with van der Waals surface area (Å²) in [6.45, 7) is 13.4. The third-order valence-electron chi connectivity index (χ3n) is 3.84. The second-order valence-electron chi connectivity index (χ2n) is 6.71. The molecule has 0 amide bonds. The van der Waals surface area contributed by atoms with Crippen LogP contribution in [0.25, 0.3) is 0 Å². The number of rotatable bonds is 5. The van der Waals surface area contributed by atoms with Gasteiger partial charge in [0.2, 0.25) is 0 Å². The van der Waals surface area contributed by atoms with Crippen LogP contribution in [0, 0.1) is 0 Å². The van der Waals surface area contributed by atoms with Crippen LogP contribution < -0.4 is 0 Å². The quantitative estimate of drug-likeness (QED) is 0.666. The molecule has 1 atom stereocenters. The van der Waals surface area contributed by atoms with Gasteiger partial charge in [0.05, 0.1) is 6.10 Å². The molecule has 110 valence electrons. The van der Waals surface area contributed by atoms with Crippen molar-refractivity contribution >= 4 is 8.32 Å². The van der Waals surface area contributed by atoms with Crippen molar-refractivity contribution in [2.45, 2.75) is 64.8 Å². The minimum Gasteiger partial charge on any atom is -0.488 e. The number of halogens is 1. The Labute approximate surface area is 117 Å². The topological polar surface area (TPSA) is 18.5 Å². The average Bonchev–Trinajstić information content (AvgIpc) is 2.26. The summed E-state index contributed by atoms with van der Waals surface area (Å²) in [5.41, 5.74) is 0. The molecule has 1 aliphatic rings. The van der Waals surface area contributed by atoms with E-state index in [1.807, 2.05) is 13.0 Å². The van der Waals surface area contributed by atoms with Gasteiger partial charge in [-0.3, -0.25) is 0 Å². The monoisotopic (exact) mass is 286 g/mol. The summed E-state index contributed by atoms with van der Waals surface area (Å²) in [6.07, 6.45) is 4.85. The van der Waals surface area contributed by atoms with Crippen LogP contribution in [0.3, 0.4) is 0 Å². The van der Waals surface area contributed by atoms with Crippen LogP contribution in [0.15, 0.2) is 23.7 Å². The first-order valence-corrected chi connectivity index (χ1v) is 9.90. The molecule has 0 aliphatic heterocycles. The van der Waals surface area contributed by atoms with Gasteiger partial charge in [-0.1, -0.05) is 26.8 Å². The first-order valence-electron chi connectivity index (χ1n) is 6.99. The van der Waals surface area contributed by atoms with Gasteiger partial charge in [0.25, 0.3) is 0 Å². The molecule has 0 fully saturated rings. The van der Waals surface area contributed by atoms with Crippen LogP contribution in [0.1, 0.15) is 40.5 Å². The normalized spacial score (nSPS) is 18.7. The van der Waals surface area contributed by atoms with Gasteiger partial charge in [-0.25, -0.2) is 4.39 Å². The van der Waals surface area contributed by atoms with E-state index in [1.54, 1.807) is 6.08 Å². The smallest absolute Gasteiger partial charge is 0.192 e. The summed E-state index contributed by atoms with van der Waals surface area (Å²) in [5, 5.41) is 0.177.